The van der Waals surface area contributed by atoms with Crippen LogP contribution in [0.1, 0.15) is 17.2 Å². The highest BCUT2D eigenvalue weighted by molar-refractivity contribution is 5.29. The summed E-state index contributed by atoms with van der Waals surface area (Å²) in [5.74, 6) is 0.476. The lowest BCUT2D eigenvalue weighted by Crippen LogP contribution is -2.22. The molecule has 0 aliphatic heterocycles. The predicted molar refractivity (Wildman–Crippen MR) is 53.6 cm³/mol. The van der Waals surface area contributed by atoms with Crippen LogP contribution >= 0.6 is 0 Å². The molecule has 0 saturated carbocycles. The van der Waals surface area contributed by atoms with Crippen molar-refractivity contribution in [2.24, 2.45) is 0 Å². The van der Waals surface area contributed by atoms with E-state index in [2.05, 4.69) is 4.98 Å². The van der Waals surface area contributed by atoms with Crippen molar-refractivity contribution < 1.29 is 20.1 Å². The SMILES string of the molecule is COc1ncc(C(O)C(O)CO)cc1C. The van der Waals surface area contributed by atoms with E-state index in [0.717, 1.165) is 5.56 Å². The van der Waals surface area contributed by atoms with Gasteiger partial charge in [0.2, 0.25) is 5.88 Å². The molecule has 0 saturated heterocycles. The Morgan fingerprint density at radius 1 is 1.47 bits per heavy atom. The minimum absolute atomic E-state index is 0.454. The molecule has 0 aromatic carbocycles. The van der Waals surface area contributed by atoms with E-state index < -0.39 is 18.8 Å². The highest BCUT2D eigenvalue weighted by Crippen LogP contribution is 2.21. The molecule has 1 heterocycles. The van der Waals surface area contributed by atoms with Crippen molar-refractivity contribution in [3.05, 3.63) is 23.4 Å². The maximum atomic E-state index is 9.59. The van der Waals surface area contributed by atoms with Crippen molar-refractivity contribution in [3.8, 4) is 5.88 Å². The smallest absolute Gasteiger partial charge is 0.215 e. The van der Waals surface area contributed by atoms with Gasteiger partial charge in [0.25, 0.3) is 0 Å². The molecule has 5 nitrogen and oxygen atoms in total. The maximum Gasteiger partial charge on any atom is 0.215 e. The van der Waals surface area contributed by atoms with E-state index in [1.54, 1.807) is 13.0 Å². The molecule has 0 aliphatic rings. The maximum absolute atomic E-state index is 9.59. The third-order valence-corrected chi connectivity index (χ3v) is 2.14. The van der Waals surface area contributed by atoms with E-state index in [1.807, 2.05) is 0 Å². The molecule has 84 valence electrons. The first-order valence-electron chi connectivity index (χ1n) is 4.57. The number of ether oxygens (including phenoxy) is 1. The van der Waals surface area contributed by atoms with Crippen LogP contribution < -0.4 is 4.74 Å². The average molecular weight is 213 g/mol. The van der Waals surface area contributed by atoms with E-state index in [0.29, 0.717) is 11.4 Å². The standard InChI is InChI=1S/C10H15NO4/c1-6-3-7(4-11-10(6)15-2)9(14)8(13)5-12/h3-4,8-9,12-14H,5H2,1-2H3. The van der Waals surface area contributed by atoms with Crippen molar-refractivity contribution in [1.82, 2.24) is 4.98 Å². The Morgan fingerprint density at radius 3 is 2.60 bits per heavy atom. The summed E-state index contributed by atoms with van der Waals surface area (Å²) in [6, 6.07) is 1.66. The van der Waals surface area contributed by atoms with Crippen molar-refractivity contribution in [2.45, 2.75) is 19.1 Å². The fourth-order valence-corrected chi connectivity index (χ4v) is 1.28. The first-order chi connectivity index (χ1) is 7.10. The average Bonchev–Trinajstić information content (AvgIpc) is 2.26. The lowest BCUT2D eigenvalue weighted by Gasteiger charge is -2.16. The first-order valence-corrected chi connectivity index (χ1v) is 4.57. The number of aliphatic hydroxyl groups is 3. The summed E-state index contributed by atoms with van der Waals surface area (Å²) in [5.41, 5.74) is 1.22. The number of rotatable bonds is 4. The zero-order valence-corrected chi connectivity index (χ0v) is 8.71. The number of aromatic nitrogens is 1. The van der Waals surface area contributed by atoms with Gasteiger partial charge in [-0.3, -0.25) is 0 Å². The van der Waals surface area contributed by atoms with Gasteiger partial charge in [-0.25, -0.2) is 4.98 Å². The lowest BCUT2D eigenvalue weighted by molar-refractivity contribution is -0.0154. The topological polar surface area (TPSA) is 82.8 Å². The van der Waals surface area contributed by atoms with E-state index in [9.17, 15) is 10.2 Å². The molecule has 5 heteroatoms. The summed E-state index contributed by atoms with van der Waals surface area (Å²) in [4.78, 5) is 3.96. The van der Waals surface area contributed by atoms with Gasteiger partial charge in [-0.1, -0.05) is 0 Å². The Morgan fingerprint density at radius 2 is 2.13 bits per heavy atom. The number of aryl methyl sites for hydroxylation is 1. The van der Waals surface area contributed by atoms with Crippen LogP contribution in [0.2, 0.25) is 0 Å². The summed E-state index contributed by atoms with van der Waals surface area (Å²) in [7, 11) is 1.51. The van der Waals surface area contributed by atoms with Crippen LogP contribution in [0.25, 0.3) is 0 Å². The van der Waals surface area contributed by atoms with Gasteiger partial charge in [0, 0.05) is 17.3 Å². The lowest BCUT2D eigenvalue weighted by atomic mass is 10.1. The molecule has 15 heavy (non-hydrogen) atoms. The van der Waals surface area contributed by atoms with Crippen LogP contribution in [-0.2, 0) is 0 Å². The summed E-state index contributed by atoms with van der Waals surface area (Å²) in [6.45, 7) is 1.29. The first kappa shape index (κ1) is 11.9. The van der Waals surface area contributed by atoms with Crippen LogP contribution in [0, 0.1) is 6.92 Å². The molecule has 1 aromatic rings. The Kier molecular flexibility index (Phi) is 4.02. The molecule has 2 unspecified atom stereocenters. The molecule has 0 amide bonds. The normalized spacial score (nSPS) is 14.7. The highest BCUT2D eigenvalue weighted by Gasteiger charge is 2.18. The Balaban J connectivity index is 2.92. The number of nitrogens with zero attached hydrogens (tertiary/aromatic N) is 1. The van der Waals surface area contributed by atoms with Crippen molar-refractivity contribution in [1.29, 1.82) is 0 Å². The monoisotopic (exact) mass is 213 g/mol. The van der Waals surface area contributed by atoms with Crippen molar-refractivity contribution in [2.75, 3.05) is 13.7 Å². The van der Waals surface area contributed by atoms with Gasteiger partial charge < -0.3 is 20.1 Å². The molecule has 0 radical (unpaired) electrons. The molecule has 0 bridgehead atoms. The molecular formula is C10H15NO4. The number of aliphatic hydroxyl groups excluding tert-OH is 3. The summed E-state index contributed by atoms with van der Waals surface area (Å²) < 4.78 is 4.96. The van der Waals surface area contributed by atoms with Gasteiger partial charge in [0.15, 0.2) is 0 Å². The minimum Gasteiger partial charge on any atom is -0.481 e. The summed E-state index contributed by atoms with van der Waals surface area (Å²) >= 11 is 0. The van der Waals surface area contributed by atoms with Crippen LogP contribution in [0.4, 0.5) is 0 Å². The minimum atomic E-state index is -1.19. The second-order valence-corrected chi connectivity index (χ2v) is 3.29. The predicted octanol–water partition coefficient (Wildman–Crippen LogP) is -0.215. The quantitative estimate of drug-likeness (QED) is 0.644. The molecule has 1 aromatic heterocycles. The van der Waals surface area contributed by atoms with Crippen LogP contribution in [0.3, 0.4) is 0 Å². The van der Waals surface area contributed by atoms with Gasteiger partial charge in [-0.05, 0) is 13.0 Å². The zero-order valence-electron chi connectivity index (χ0n) is 8.71. The van der Waals surface area contributed by atoms with E-state index in [-0.39, 0.29) is 0 Å². The molecule has 3 N–H and O–H groups in total. The summed E-state index contributed by atoms with van der Waals surface area (Å²) in [6.07, 6.45) is -0.915. The third kappa shape index (κ3) is 2.65. The zero-order chi connectivity index (χ0) is 11.4. The summed E-state index contributed by atoms with van der Waals surface area (Å²) in [5, 5.41) is 27.5. The fourth-order valence-electron chi connectivity index (χ4n) is 1.28. The Bertz CT molecular complexity index is 329. The van der Waals surface area contributed by atoms with Gasteiger partial charge in [-0.2, -0.15) is 0 Å². The Labute approximate surface area is 88.0 Å². The van der Waals surface area contributed by atoms with Gasteiger partial charge in [0.05, 0.1) is 13.7 Å². The van der Waals surface area contributed by atoms with Crippen molar-refractivity contribution in [3.63, 3.8) is 0 Å². The third-order valence-electron chi connectivity index (χ3n) is 2.14. The molecular weight excluding hydrogens is 198 g/mol. The second kappa shape index (κ2) is 5.06. The van der Waals surface area contributed by atoms with E-state index >= 15 is 0 Å². The molecule has 0 fully saturated rings. The molecule has 0 aliphatic carbocycles. The molecule has 2 atom stereocenters. The number of hydrogen-bond acceptors (Lipinski definition) is 5. The van der Waals surface area contributed by atoms with Crippen LogP contribution in [0.15, 0.2) is 12.3 Å². The van der Waals surface area contributed by atoms with Gasteiger partial charge in [0.1, 0.15) is 12.2 Å². The highest BCUT2D eigenvalue weighted by atomic mass is 16.5. The van der Waals surface area contributed by atoms with E-state index in [1.165, 1.54) is 13.3 Å². The largest absolute Gasteiger partial charge is 0.481 e. The molecule has 0 spiro atoms. The number of pyridine rings is 1. The number of methoxy groups -OCH3 is 1. The Hall–Kier alpha value is -1.17. The van der Waals surface area contributed by atoms with Crippen LogP contribution in [0.5, 0.6) is 5.88 Å². The second-order valence-electron chi connectivity index (χ2n) is 3.29. The van der Waals surface area contributed by atoms with Crippen LogP contribution in [-0.4, -0.2) is 40.1 Å². The number of hydrogen-bond donors (Lipinski definition) is 3. The van der Waals surface area contributed by atoms with Gasteiger partial charge in [-0.15, -0.1) is 0 Å². The van der Waals surface area contributed by atoms with Crippen molar-refractivity contribution >= 4 is 0 Å². The van der Waals surface area contributed by atoms with E-state index in [4.69, 9.17) is 9.84 Å². The molecule has 1 rings (SSSR count). The van der Waals surface area contributed by atoms with Gasteiger partial charge >= 0.3 is 0 Å². The fraction of sp³-hybridized carbons (Fsp3) is 0.500.